The molecule has 0 fully saturated rings. The van der Waals surface area contributed by atoms with Crippen LogP contribution in [0.4, 0.5) is 0 Å². The molecule has 1 aliphatic rings. The highest BCUT2D eigenvalue weighted by atomic mass is 32.1. The summed E-state index contributed by atoms with van der Waals surface area (Å²) >= 11 is 1.64. The molecule has 0 radical (unpaired) electrons. The van der Waals surface area contributed by atoms with Crippen molar-refractivity contribution in [1.82, 2.24) is 10.3 Å². The van der Waals surface area contributed by atoms with E-state index in [0.717, 1.165) is 39.4 Å². The van der Waals surface area contributed by atoms with Crippen LogP contribution in [0.25, 0.3) is 22.4 Å². The summed E-state index contributed by atoms with van der Waals surface area (Å²) < 4.78 is 0. The van der Waals surface area contributed by atoms with Crippen LogP contribution in [0, 0.1) is 6.92 Å². The normalized spacial score (nSPS) is 11.8. The van der Waals surface area contributed by atoms with Crippen molar-refractivity contribution in [2.24, 2.45) is 0 Å². The number of amides is 1. The van der Waals surface area contributed by atoms with Gasteiger partial charge in [0.15, 0.2) is 5.78 Å². The summed E-state index contributed by atoms with van der Waals surface area (Å²) in [6.07, 6.45) is 0.734. The number of hydrogen-bond donors (Lipinski definition) is 1. The Morgan fingerprint density at radius 1 is 0.935 bits per heavy atom. The Labute approximate surface area is 184 Å². The Hall–Kier alpha value is -3.57. The lowest BCUT2D eigenvalue weighted by molar-refractivity contribution is 0.0954. The third-order valence-corrected chi connectivity index (χ3v) is 6.33. The summed E-state index contributed by atoms with van der Waals surface area (Å²) in [5, 5.41) is 6.08. The Kier molecular flexibility index (Phi) is 4.96. The summed E-state index contributed by atoms with van der Waals surface area (Å²) in [5.74, 6) is -0.184. The molecule has 5 rings (SSSR count). The standard InChI is InChI=1S/C26H20N2O2S/c1-16-28-24(15-31-16)18-8-6-17(7-9-18)12-13-27-26(30)19-10-11-21-20-4-2-3-5-22(20)25(29)23(21)14-19/h2-11,14-15H,12-13H2,1H3,(H,27,30). The molecule has 0 bridgehead atoms. The summed E-state index contributed by atoms with van der Waals surface area (Å²) in [7, 11) is 0. The van der Waals surface area contributed by atoms with Crippen molar-refractivity contribution in [2.45, 2.75) is 13.3 Å². The van der Waals surface area contributed by atoms with Crippen molar-refractivity contribution in [3.05, 3.63) is 99.4 Å². The van der Waals surface area contributed by atoms with Gasteiger partial charge in [-0.15, -0.1) is 11.3 Å². The van der Waals surface area contributed by atoms with E-state index in [-0.39, 0.29) is 11.7 Å². The number of fused-ring (bicyclic) bond motifs is 3. The molecule has 0 unspecified atom stereocenters. The minimum absolute atomic E-state index is 0.0179. The second-order valence-electron chi connectivity index (χ2n) is 7.59. The fraction of sp³-hybridized carbons (Fsp3) is 0.115. The Balaban J connectivity index is 1.22. The lowest BCUT2D eigenvalue weighted by Gasteiger charge is -2.08. The summed E-state index contributed by atoms with van der Waals surface area (Å²) in [6.45, 7) is 2.53. The molecule has 4 nitrogen and oxygen atoms in total. The Morgan fingerprint density at radius 3 is 2.42 bits per heavy atom. The van der Waals surface area contributed by atoms with Crippen molar-refractivity contribution in [1.29, 1.82) is 0 Å². The van der Waals surface area contributed by atoms with E-state index in [2.05, 4.69) is 39.9 Å². The van der Waals surface area contributed by atoms with Crippen LogP contribution in [0.5, 0.6) is 0 Å². The Morgan fingerprint density at radius 2 is 1.68 bits per heavy atom. The number of thiazole rings is 1. The average molecular weight is 425 g/mol. The number of rotatable bonds is 5. The molecule has 0 aliphatic heterocycles. The zero-order chi connectivity index (χ0) is 21.4. The fourth-order valence-corrected chi connectivity index (χ4v) is 4.55. The van der Waals surface area contributed by atoms with E-state index in [1.165, 1.54) is 0 Å². The quantitative estimate of drug-likeness (QED) is 0.416. The molecule has 5 heteroatoms. The highest BCUT2D eigenvalue weighted by molar-refractivity contribution is 7.09. The smallest absolute Gasteiger partial charge is 0.251 e. The summed E-state index contributed by atoms with van der Waals surface area (Å²) in [6, 6.07) is 21.2. The second-order valence-corrected chi connectivity index (χ2v) is 8.65. The van der Waals surface area contributed by atoms with Crippen LogP contribution in [-0.4, -0.2) is 23.2 Å². The number of aromatic nitrogens is 1. The third kappa shape index (κ3) is 3.68. The molecule has 31 heavy (non-hydrogen) atoms. The summed E-state index contributed by atoms with van der Waals surface area (Å²) in [5.41, 5.74) is 6.88. The highest BCUT2D eigenvalue weighted by Gasteiger charge is 2.26. The van der Waals surface area contributed by atoms with Gasteiger partial charge in [0.25, 0.3) is 5.91 Å². The molecule has 3 aromatic carbocycles. The fourth-order valence-electron chi connectivity index (χ4n) is 3.93. The topological polar surface area (TPSA) is 59.1 Å². The van der Waals surface area contributed by atoms with Crippen molar-refractivity contribution >= 4 is 23.0 Å². The largest absolute Gasteiger partial charge is 0.352 e. The van der Waals surface area contributed by atoms with Crippen LogP contribution in [-0.2, 0) is 6.42 Å². The van der Waals surface area contributed by atoms with E-state index >= 15 is 0 Å². The van der Waals surface area contributed by atoms with Crippen LogP contribution in [0.3, 0.4) is 0 Å². The van der Waals surface area contributed by atoms with Crippen molar-refractivity contribution in [2.75, 3.05) is 6.54 Å². The van der Waals surface area contributed by atoms with Crippen LogP contribution in [0.2, 0.25) is 0 Å². The lowest BCUT2D eigenvalue weighted by Crippen LogP contribution is -2.25. The second kappa shape index (κ2) is 7.93. The van der Waals surface area contributed by atoms with Gasteiger partial charge in [0.2, 0.25) is 0 Å². The van der Waals surface area contributed by atoms with Gasteiger partial charge in [-0.2, -0.15) is 0 Å². The number of nitrogens with one attached hydrogen (secondary N) is 1. The van der Waals surface area contributed by atoms with E-state index in [4.69, 9.17) is 0 Å². The molecule has 0 saturated carbocycles. The maximum absolute atomic E-state index is 12.7. The van der Waals surface area contributed by atoms with Gasteiger partial charge in [0, 0.05) is 34.2 Å². The van der Waals surface area contributed by atoms with E-state index in [0.29, 0.717) is 23.2 Å². The number of hydrogen-bond acceptors (Lipinski definition) is 4. The van der Waals surface area contributed by atoms with Gasteiger partial charge < -0.3 is 5.32 Å². The van der Waals surface area contributed by atoms with Gasteiger partial charge in [-0.05, 0) is 42.2 Å². The minimum atomic E-state index is -0.166. The van der Waals surface area contributed by atoms with Crippen molar-refractivity contribution in [3.8, 4) is 22.4 Å². The predicted molar refractivity (Wildman–Crippen MR) is 124 cm³/mol. The van der Waals surface area contributed by atoms with Crippen LogP contribution in [0.1, 0.15) is 36.9 Å². The molecule has 0 atom stereocenters. The molecule has 1 heterocycles. The first kappa shape index (κ1) is 19.4. The van der Waals surface area contributed by atoms with Gasteiger partial charge >= 0.3 is 0 Å². The van der Waals surface area contributed by atoms with Crippen LogP contribution < -0.4 is 5.32 Å². The molecule has 1 amide bonds. The number of benzene rings is 3. The first-order valence-corrected chi connectivity index (χ1v) is 11.1. The van der Waals surface area contributed by atoms with Crippen LogP contribution >= 0.6 is 11.3 Å². The monoisotopic (exact) mass is 424 g/mol. The minimum Gasteiger partial charge on any atom is -0.352 e. The first-order valence-electron chi connectivity index (χ1n) is 10.2. The summed E-state index contributed by atoms with van der Waals surface area (Å²) in [4.78, 5) is 29.8. The van der Waals surface area contributed by atoms with Gasteiger partial charge in [0.1, 0.15) is 0 Å². The number of aryl methyl sites for hydroxylation is 1. The van der Waals surface area contributed by atoms with E-state index in [1.54, 1.807) is 23.5 Å². The predicted octanol–water partition coefficient (Wildman–Crippen LogP) is 5.30. The van der Waals surface area contributed by atoms with E-state index < -0.39 is 0 Å². The number of nitrogens with zero attached hydrogens (tertiary/aromatic N) is 1. The maximum Gasteiger partial charge on any atom is 0.251 e. The zero-order valence-corrected chi connectivity index (χ0v) is 17.8. The molecule has 0 saturated heterocycles. The number of carbonyl (C=O) groups is 2. The number of ketones is 1. The third-order valence-electron chi connectivity index (χ3n) is 5.56. The maximum atomic E-state index is 12.7. The Bertz CT molecular complexity index is 1310. The average Bonchev–Trinajstić information content (AvgIpc) is 3.36. The van der Waals surface area contributed by atoms with E-state index in [9.17, 15) is 9.59 Å². The molecular weight excluding hydrogens is 404 g/mol. The molecule has 0 spiro atoms. The van der Waals surface area contributed by atoms with Crippen molar-refractivity contribution in [3.63, 3.8) is 0 Å². The molecular formula is C26H20N2O2S. The highest BCUT2D eigenvalue weighted by Crippen LogP contribution is 2.36. The van der Waals surface area contributed by atoms with Crippen molar-refractivity contribution < 1.29 is 9.59 Å². The SMILES string of the molecule is Cc1nc(-c2ccc(CCNC(=O)c3ccc4c(c3)C(=O)c3ccccc3-4)cc2)cs1. The molecule has 1 N–H and O–H groups in total. The zero-order valence-electron chi connectivity index (χ0n) is 17.0. The molecule has 4 aromatic rings. The molecule has 152 valence electrons. The number of carbonyl (C=O) groups excluding carboxylic acids is 2. The van der Waals surface area contributed by atoms with Gasteiger partial charge in [-0.3, -0.25) is 9.59 Å². The van der Waals surface area contributed by atoms with Gasteiger partial charge in [-0.1, -0.05) is 54.6 Å². The molecule has 1 aromatic heterocycles. The van der Waals surface area contributed by atoms with E-state index in [1.807, 2.05) is 37.3 Å². The van der Waals surface area contributed by atoms with Crippen LogP contribution in [0.15, 0.2) is 72.1 Å². The molecule has 1 aliphatic carbocycles. The first-order chi connectivity index (χ1) is 15.1. The van der Waals surface area contributed by atoms with Gasteiger partial charge in [-0.25, -0.2) is 4.98 Å². The van der Waals surface area contributed by atoms with Gasteiger partial charge in [0.05, 0.1) is 10.7 Å². The lowest BCUT2D eigenvalue weighted by atomic mass is 10.0.